The minimum atomic E-state index is 0. The molecule has 0 radical (unpaired) electrons. The number of ether oxygens (including phenoxy) is 1. The maximum atomic E-state index is 8.87. The molecule has 1 unspecified atom stereocenters. The topological polar surface area (TPSA) is 45.0 Å². The van der Waals surface area contributed by atoms with Gasteiger partial charge >= 0.3 is 0 Å². The standard InChI is InChI=1S/C12H14N2O.ClH/c13-7-11-3-1-2-4-12(11)15-9-10-5-6-14-8-10;/h1-4,10,14H,5-6,8-9H2;1H. The van der Waals surface area contributed by atoms with E-state index in [-0.39, 0.29) is 12.4 Å². The highest BCUT2D eigenvalue weighted by atomic mass is 35.5. The molecule has 0 aromatic heterocycles. The minimum Gasteiger partial charge on any atom is -0.492 e. The Labute approximate surface area is 102 Å². The molecule has 3 nitrogen and oxygen atoms in total. The molecular formula is C12H15ClN2O. The van der Waals surface area contributed by atoms with Gasteiger partial charge in [-0.25, -0.2) is 0 Å². The number of halogens is 1. The molecule has 1 aliphatic rings. The highest BCUT2D eigenvalue weighted by molar-refractivity contribution is 5.85. The first kappa shape index (κ1) is 12.8. The van der Waals surface area contributed by atoms with E-state index < -0.39 is 0 Å². The van der Waals surface area contributed by atoms with E-state index in [1.165, 1.54) is 0 Å². The van der Waals surface area contributed by atoms with Gasteiger partial charge in [-0.2, -0.15) is 5.26 Å². The van der Waals surface area contributed by atoms with Crippen molar-refractivity contribution in [1.29, 1.82) is 5.26 Å². The summed E-state index contributed by atoms with van der Waals surface area (Å²) in [5.41, 5.74) is 0.614. The Morgan fingerprint density at radius 3 is 2.94 bits per heavy atom. The van der Waals surface area contributed by atoms with Crippen LogP contribution < -0.4 is 10.1 Å². The number of nitrogens with zero attached hydrogens (tertiary/aromatic N) is 1. The smallest absolute Gasteiger partial charge is 0.137 e. The van der Waals surface area contributed by atoms with E-state index in [0.717, 1.165) is 19.5 Å². The van der Waals surface area contributed by atoms with Crippen molar-refractivity contribution in [3.05, 3.63) is 29.8 Å². The molecule has 86 valence electrons. The van der Waals surface area contributed by atoms with Crippen molar-refractivity contribution in [2.24, 2.45) is 5.92 Å². The zero-order valence-electron chi connectivity index (χ0n) is 8.98. The van der Waals surface area contributed by atoms with Crippen LogP contribution in [0, 0.1) is 17.2 Å². The second-order valence-corrected chi connectivity index (χ2v) is 3.78. The van der Waals surface area contributed by atoms with Gasteiger partial charge in [0.05, 0.1) is 12.2 Å². The van der Waals surface area contributed by atoms with Crippen LogP contribution in [-0.2, 0) is 0 Å². The molecule has 1 atom stereocenters. The van der Waals surface area contributed by atoms with Crippen LogP contribution in [0.15, 0.2) is 24.3 Å². The maximum absolute atomic E-state index is 8.87. The summed E-state index contributed by atoms with van der Waals surface area (Å²) in [5.74, 6) is 1.28. The summed E-state index contributed by atoms with van der Waals surface area (Å²) in [7, 11) is 0. The molecule has 1 aromatic rings. The summed E-state index contributed by atoms with van der Waals surface area (Å²) in [5, 5.41) is 12.2. The van der Waals surface area contributed by atoms with Crippen molar-refractivity contribution in [2.75, 3.05) is 19.7 Å². The molecule has 16 heavy (non-hydrogen) atoms. The van der Waals surface area contributed by atoms with Crippen LogP contribution in [0.1, 0.15) is 12.0 Å². The highest BCUT2D eigenvalue weighted by Gasteiger charge is 2.15. The third-order valence-electron chi connectivity index (χ3n) is 2.64. The Kier molecular flexibility index (Phi) is 5.10. The number of nitrogens with one attached hydrogen (secondary N) is 1. The SMILES string of the molecule is Cl.N#Cc1ccccc1OCC1CCNC1. The first-order valence-corrected chi connectivity index (χ1v) is 5.23. The van der Waals surface area contributed by atoms with Gasteiger partial charge in [0.2, 0.25) is 0 Å². The van der Waals surface area contributed by atoms with Crippen LogP contribution in [0.3, 0.4) is 0 Å². The molecule has 0 bridgehead atoms. The monoisotopic (exact) mass is 238 g/mol. The summed E-state index contributed by atoms with van der Waals surface area (Å²) < 4.78 is 5.65. The van der Waals surface area contributed by atoms with Gasteiger partial charge in [0.25, 0.3) is 0 Å². The quantitative estimate of drug-likeness (QED) is 0.876. The number of hydrogen-bond donors (Lipinski definition) is 1. The van der Waals surface area contributed by atoms with Crippen LogP contribution in [0.5, 0.6) is 5.75 Å². The summed E-state index contributed by atoms with van der Waals surface area (Å²) in [4.78, 5) is 0. The molecule has 1 fully saturated rings. The summed E-state index contributed by atoms with van der Waals surface area (Å²) >= 11 is 0. The highest BCUT2D eigenvalue weighted by Crippen LogP contribution is 2.18. The molecule has 1 aromatic carbocycles. The molecule has 0 aliphatic carbocycles. The molecule has 4 heteroatoms. The van der Waals surface area contributed by atoms with Crippen molar-refractivity contribution in [2.45, 2.75) is 6.42 Å². The second kappa shape index (κ2) is 6.37. The van der Waals surface area contributed by atoms with Crippen LogP contribution >= 0.6 is 12.4 Å². The fraction of sp³-hybridized carbons (Fsp3) is 0.417. The van der Waals surface area contributed by atoms with Gasteiger partial charge in [-0.05, 0) is 25.1 Å². The van der Waals surface area contributed by atoms with Gasteiger partial charge in [-0.15, -0.1) is 12.4 Å². The van der Waals surface area contributed by atoms with E-state index >= 15 is 0 Å². The number of hydrogen-bond acceptors (Lipinski definition) is 3. The Hall–Kier alpha value is -1.24. The number of benzene rings is 1. The third kappa shape index (κ3) is 3.13. The third-order valence-corrected chi connectivity index (χ3v) is 2.64. The predicted octanol–water partition coefficient (Wildman–Crippen LogP) is 1.97. The lowest BCUT2D eigenvalue weighted by Gasteiger charge is -2.11. The fourth-order valence-electron chi connectivity index (χ4n) is 1.75. The van der Waals surface area contributed by atoms with Crippen LogP contribution in [0.25, 0.3) is 0 Å². The van der Waals surface area contributed by atoms with Crippen molar-refractivity contribution >= 4 is 12.4 Å². The lowest BCUT2D eigenvalue weighted by Crippen LogP contribution is -2.15. The minimum absolute atomic E-state index is 0. The molecule has 0 saturated carbocycles. The van der Waals surface area contributed by atoms with Gasteiger partial charge in [0, 0.05) is 12.5 Å². The summed E-state index contributed by atoms with van der Waals surface area (Å²) in [6.45, 7) is 2.80. The van der Waals surface area contributed by atoms with E-state index in [4.69, 9.17) is 10.00 Å². The molecule has 2 rings (SSSR count). The van der Waals surface area contributed by atoms with Crippen molar-refractivity contribution < 1.29 is 4.74 Å². The Bertz CT molecular complexity index is 370. The Balaban J connectivity index is 0.00000128. The van der Waals surface area contributed by atoms with Gasteiger partial charge in [0.15, 0.2) is 0 Å². The maximum Gasteiger partial charge on any atom is 0.137 e. The Morgan fingerprint density at radius 2 is 2.25 bits per heavy atom. The van der Waals surface area contributed by atoms with Crippen molar-refractivity contribution in [3.63, 3.8) is 0 Å². The first-order chi connectivity index (χ1) is 7.40. The molecule has 1 saturated heterocycles. The average Bonchev–Trinajstić information content (AvgIpc) is 2.79. The number of nitriles is 1. The van der Waals surface area contributed by atoms with Crippen LogP contribution in [0.2, 0.25) is 0 Å². The summed E-state index contributed by atoms with van der Waals surface area (Å²) in [6, 6.07) is 9.50. The van der Waals surface area contributed by atoms with E-state index in [9.17, 15) is 0 Å². The summed E-state index contributed by atoms with van der Waals surface area (Å²) in [6.07, 6.45) is 1.16. The number of para-hydroxylation sites is 1. The lowest BCUT2D eigenvalue weighted by atomic mass is 10.1. The first-order valence-electron chi connectivity index (χ1n) is 5.23. The lowest BCUT2D eigenvalue weighted by molar-refractivity contribution is 0.259. The van der Waals surface area contributed by atoms with E-state index in [0.29, 0.717) is 23.8 Å². The van der Waals surface area contributed by atoms with E-state index in [1.807, 2.05) is 18.2 Å². The number of rotatable bonds is 3. The van der Waals surface area contributed by atoms with E-state index in [1.54, 1.807) is 6.07 Å². The normalized spacial score (nSPS) is 18.6. The van der Waals surface area contributed by atoms with Gasteiger partial charge < -0.3 is 10.1 Å². The van der Waals surface area contributed by atoms with E-state index in [2.05, 4.69) is 11.4 Å². The molecule has 0 amide bonds. The molecule has 0 spiro atoms. The van der Waals surface area contributed by atoms with Gasteiger partial charge in [0.1, 0.15) is 11.8 Å². The molecule has 1 heterocycles. The predicted molar refractivity (Wildman–Crippen MR) is 64.9 cm³/mol. The van der Waals surface area contributed by atoms with Crippen LogP contribution in [0.4, 0.5) is 0 Å². The molecule has 1 N–H and O–H groups in total. The van der Waals surface area contributed by atoms with Crippen molar-refractivity contribution in [3.8, 4) is 11.8 Å². The molecule has 1 aliphatic heterocycles. The Morgan fingerprint density at radius 1 is 1.44 bits per heavy atom. The fourth-order valence-corrected chi connectivity index (χ4v) is 1.75. The van der Waals surface area contributed by atoms with Crippen molar-refractivity contribution in [1.82, 2.24) is 5.32 Å². The van der Waals surface area contributed by atoms with Gasteiger partial charge in [-0.1, -0.05) is 12.1 Å². The average molecular weight is 239 g/mol. The molecular weight excluding hydrogens is 224 g/mol. The van der Waals surface area contributed by atoms with Gasteiger partial charge in [-0.3, -0.25) is 0 Å². The van der Waals surface area contributed by atoms with Crippen LogP contribution in [-0.4, -0.2) is 19.7 Å². The second-order valence-electron chi connectivity index (χ2n) is 3.78. The zero-order chi connectivity index (χ0) is 10.5. The zero-order valence-corrected chi connectivity index (χ0v) is 9.80. The largest absolute Gasteiger partial charge is 0.492 e.